The number of carbonyl (C=O) groups is 1. The van der Waals surface area contributed by atoms with E-state index >= 15 is 0 Å². The van der Waals surface area contributed by atoms with E-state index in [1.165, 1.54) is 26.2 Å². The molecule has 2 rings (SSSR count). The number of sulfonamides is 1. The third-order valence-corrected chi connectivity index (χ3v) is 6.62. The lowest BCUT2D eigenvalue weighted by Gasteiger charge is -2.30. The van der Waals surface area contributed by atoms with Crippen molar-refractivity contribution in [2.75, 3.05) is 13.7 Å². The zero-order chi connectivity index (χ0) is 23.7. The number of carbonyl (C=O) groups excluding carboxylic acids is 1. The van der Waals surface area contributed by atoms with Gasteiger partial charge in [0.2, 0.25) is 5.91 Å². The van der Waals surface area contributed by atoms with Crippen molar-refractivity contribution in [3.63, 3.8) is 0 Å². The molecule has 2 aromatic carbocycles. The first-order valence-corrected chi connectivity index (χ1v) is 11.9. The summed E-state index contributed by atoms with van der Waals surface area (Å²) >= 11 is 0. The molecular weight excluding hydrogens is 432 g/mol. The molecule has 0 heterocycles. The first-order valence-electron chi connectivity index (χ1n) is 10.5. The molecule has 0 saturated carbocycles. The second-order valence-corrected chi connectivity index (χ2v) is 9.38. The summed E-state index contributed by atoms with van der Waals surface area (Å²) in [6.07, 6.45) is -0.703. The Bertz CT molecular complexity index is 950. The van der Waals surface area contributed by atoms with E-state index in [-0.39, 0.29) is 17.3 Å². The molecule has 0 aliphatic carbocycles. The molecule has 0 fully saturated rings. The minimum Gasteiger partial charge on any atom is -0.497 e. The Morgan fingerprint density at radius 3 is 2.28 bits per heavy atom. The first kappa shape index (κ1) is 25.8. The second kappa shape index (κ2) is 12.0. The van der Waals surface area contributed by atoms with Gasteiger partial charge >= 0.3 is 0 Å². The van der Waals surface area contributed by atoms with Crippen molar-refractivity contribution in [1.29, 1.82) is 0 Å². The van der Waals surface area contributed by atoms with Crippen LogP contribution in [0.2, 0.25) is 0 Å². The predicted molar refractivity (Wildman–Crippen MR) is 121 cm³/mol. The lowest BCUT2D eigenvalue weighted by molar-refractivity contribution is -0.144. The third-order valence-electron chi connectivity index (χ3n) is 4.99. The quantitative estimate of drug-likeness (QED) is 0.468. The standard InChI is InChI=1S/C23H32N2O6S/c1-5-17(2)31-25(32(28,29)21-13-11-20(30-4)12-14-21)16-23(27)22(24-18(3)26)15-19-9-7-6-8-10-19/h6-14,17,22-23,27H,5,15-16H2,1-4H3,(H,24,26). The molecule has 0 bridgehead atoms. The summed E-state index contributed by atoms with van der Waals surface area (Å²) in [5.41, 5.74) is 0.901. The molecule has 2 aromatic rings. The van der Waals surface area contributed by atoms with Crippen molar-refractivity contribution in [3.8, 4) is 5.75 Å². The fourth-order valence-electron chi connectivity index (χ4n) is 3.03. The van der Waals surface area contributed by atoms with Gasteiger partial charge in [0.1, 0.15) is 5.75 Å². The fraction of sp³-hybridized carbons (Fsp3) is 0.435. The Morgan fingerprint density at radius 1 is 1.12 bits per heavy atom. The Labute approximate surface area is 190 Å². The highest BCUT2D eigenvalue weighted by Gasteiger charge is 2.32. The zero-order valence-corrected chi connectivity index (χ0v) is 19.7. The fourth-order valence-corrected chi connectivity index (χ4v) is 4.36. The van der Waals surface area contributed by atoms with Gasteiger partial charge in [0.25, 0.3) is 10.0 Å². The molecule has 2 N–H and O–H groups in total. The number of rotatable bonds is 12. The molecule has 32 heavy (non-hydrogen) atoms. The minimum absolute atomic E-state index is 0.00735. The number of nitrogens with zero attached hydrogens (tertiary/aromatic N) is 1. The van der Waals surface area contributed by atoms with Crippen molar-refractivity contribution in [1.82, 2.24) is 9.79 Å². The zero-order valence-electron chi connectivity index (χ0n) is 18.9. The highest BCUT2D eigenvalue weighted by atomic mass is 32.2. The van der Waals surface area contributed by atoms with Crippen LogP contribution in [0.3, 0.4) is 0 Å². The maximum absolute atomic E-state index is 13.3. The Morgan fingerprint density at radius 2 is 1.75 bits per heavy atom. The van der Waals surface area contributed by atoms with E-state index in [1.54, 1.807) is 19.1 Å². The van der Waals surface area contributed by atoms with E-state index in [0.29, 0.717) is 18.6 Å². The lowest BCUT2D eigenvalue weighted by Crippen LogP contribution is -2.50. The van der Waals surface area contributed by atoms with Crippen LogP contribution in [0.15, 0.2) is 59.5 Å². The molecule has 8 nitrogen and oxygen atoms in total. The van der Waals surface area contributed by atoms with Crippen LogP contribution in [0.1, 0.15) is 32.8 Å². The molecule has 0 aromatic heterocycles. The van der Waals surface area contributed by atoms with Crippen LogP contribution in [0.5, 0.6) is 5.75 Å². The molecule has 0 spiro atoms. The van der Waals surface area contributed by atoms with E-state index in [0.717, 1.165) is 10.0 Å². The van der Waals surface area contributed by atoms with Gasteiger partial charge in [0.05, 0.1) is 36.8 Å². The summed E-state index contributed by atoms with van der Waals surface area (Å²) in [4.78, 5) is 17.4. The van der Waals surface area contributed by atoms with Crippen molar-refractivity contribution >= 4 is 15.9 Å². The van der Waals surface area contributed by atoms with Crippen molar-refractivity contribution < 1.29 is 27.9 Å². The summed E-state index contributed by atoms with van der Waals surface area (Å²) in [5, 5.41) is 13.7. The van der Waals surface area contributed by atoms with Gasteiger partial charge < -0.3 is 15.2 Å². The molecule has 3 unspecified atom stereocenters. The van der Waals surface area contributed by atoms with Gasteiger partial charge in [-0.25, -0.2) is 8.42 Å². The predicted octanol–water partition coefficient (Wildman–Crippen LogP) is 2.52. The van der Waals surface area contributed by atoms with E-state index in [2.05, 4.69) is 5.32 Å². The molecule has 0 aliphatic rings. The van der Waals surface area contributed by atoms with Gasteiger partial charge in [-0.3, -0.25) is 9.63 Å². The van der Waals surface area contributed by atoms with Gasteiger partial charge in [-0.2, -0.15) is 0 Å². The number of amides is 1. The third kappa shape index (κ3) is 7.30. The lowest BCUT2D eigenvalue weighted by atomic mass is 10.0. The smallest absolute Gasteiger partial charge is 0.265 e. The second-order valence-electron chi connectivity index (χ2n) is 7.55. The summed E-state index contributed by atoms with van der Waals surface area (Å²) in [5.74, 6) is 0.198. The van der Waals surface area contributed by atoms with E-state index in [1.807, 2.05) is 37.3 Å². The SMILES string of the molecule is CCC(C)ON(CC(O)C(Cc1ccccc1)NC(C)=O)S(=O)(=O)c1ccc(OC)cc1. The maximum Gasteiger partial charge on any atom is 0.265 e. The number of aliphatic hydroxyl groups is 1. The van der Waals surface area contributed by atoms with Crippen LogP contribution in [0.4, 0.5) is 0 Å². The molecule has 3 atom stereocenters. The molecule has 0 saturated heterocycles. The topological polar surface area (TPSA) is 105 Å². The van der Waals surface area contributed by atoms with Crippen LogP contribution in [-0.4, -0.2) is 55.8 Å². The number of benzene rings is 2. The van der Waals surface area contributed by atoms with Crippen molar-refractivity contribution in [2.45, 2.75) is 56.8 Å². The van der Waals surface area contributed by atoms with Crippen molar-refractivity contribution in [2.24, 2.45) is 0 Å². The average molecular weight is 465 g/mol. The molecule has 176 valence electrons. The average Bonchev–Trinajstić information content (AvgIpc) is 2.78. The number of ether oxygens (including phenoxy) is 1. The highest BCUT2D eigenvalue weighted by Crippen LogP contribution is 2.22. The van der Waals surface area contributed by atoms with Gasteiger partial charge in [-0.15, -0.1) is 0 Å². The monoisotopic (exact) mass is 464 g/mol. The number of hydrogen-bond acceptors (Lipinski definition) is 6. The molecule has 0 aliphatic heterocycles. The van der Waals surface area contributed by atoms with Crippen LogP contribution in [-0.2, 0) is 26.1 Å². The molecule has 0 radical (unpaired) electrons. The Kier molecular flexibility index (Phi) is 9.64. The Balaban J connectivity index is 2.30. The Hall–Kier alpha value is -2.46. The van der Waals surface area contributed by atoms with Gasteiger partial charge in [0, 0.05) is 6.92 Å². The van der Waals surface area contributed by atoms with Gasteiger partial charge in [-0.1, -0.05) is 41.7 Å². The molecule has 9 heteroatoms. The highest BCUT2D eigenvalue weighted by molar-refractivity contribution is 7.89. The van der Waals surface area contributed by atoms with Crippen LogP contribution < -0.4 is 10.1 Å². The number of methoxy groups -OCH3 is 1. The van der Waals surface area contributed by atoms with Crippen LogP contribution >= 0.6 is 0 Å². The van der Waals surface area contributed by atoms with E-state index < -0.39 is 28.3 Å². The number of nitrogens with one attached hydrogen (secondary N) is 1. The van der Waals surface area contributed by atoms with Gasteiger partial charge in [-0.05, 0) is 49.6 Å². The van der Waals surface area contributed by atoms with E-state index in [4.69, 9.17) is 9.57 Å². The van der Waals surface area contributed by atoms with Crippen molar-refractivity contribution in [3.05, 3.63) is 60.2 Å². The normalized spacial score (nSPS) is 14.6. The summed E-state index contributed by atoms with van der Waals surface area (Å²) < 4.78 is 32.5. The minimum atomic E-state index is -4.08. The summed E-state index contributed by atoms with van der Waals surface area (Å²) in [7, 11) is -2.59. The summed E-state index contributed by atoms with van der Waals surface area (Å²) in [6.45, 7) is 4.62. The maximum atomic E-state index is 13.3. The van der Waals surface area contributed by atoms with Crippen LogP contribution in [0.25, 0.3) is 0 Å². The first-order chi connectivity index (χ1) is 15.2. The largest absolute Gasteiger partial charge is 0.497 e. The number of aliphatic hydroxyl groups excluding tert-OH is 1. The number of hydroxylamine groups is 1. The molecule has 1 amide bonds. The van der Waals surface area contributed by atoms with Gasteiger partial charge in [0.15, 0.2) is 0 Å². The number of hydrogen-bond donors (Lipinski definition) is 2. The molecular formula is C23H32N2O6S. The summed E-state index contributed by atoms with van der Waals surface area (Å²) in [6, 6.07) is 14.6. The van der Waals surface area contributed by atoms with E-state index in [9.17, 15) is 18.3 Å². The van der Waals surface area contributed by atoms with Crippen LogP contribution in [0, 0.1) is 0 Å².